The van der Waals surface area contributed by atoms with Crippen molar-refractivity contribution < 1.29 is 14.7 Å². The van der Waals surface area contributed by atoms with Gasteiger partial charge >= 0.3 is 0 Å². The highest BCUT2D eigenvalue weighted by Crippen LogP contribution is 2.55. The van der Waals surface area contributed by atoms with Crippen molar-refractivity contribution >= 4 is 11.7 Å². The standard InChI is InChI=1S/C20H26N2O3/c1-20(16-11-13-8-9-15(16)10-13)18(24)22(19(25)21(20)2)12-17(23)14-6-4-3-5-7-14/h3-7,13,15-16,19,25H,8-12H2,1-2H3/t13-,15+,16?,19?,20?/m0/s1. The Morgan fingerprint density at radius 3 is 2.56 bits per heavy atom. The third-order valence-electron chi connectivity index (χ3n) is 6.92. The molecule has 5 atom stereocenters. The van der Waals surface area contributed by atoms with E-state index in [9.17, 15) is 14.7 Å². The molecule has 1 saturated heterocycles. The molecule has 2 saturated carbocycles. The molecule has 4 rings (SSSR count). The Kier molecular flexibility index (Phi) is 3.96. The van der Waals surface area contributed by atoms with Crippen molar-refractivity contribution in [1.29, 1.82) is 0 Å². The molecule has 2 aliphatic carbocycles. The maximum atomic E-state index is 13.3. The molecule has 1 amide bonds. The Bertz CT molecular complexity index is 691. The van der Waals surface area contributed by atoms with Crippen LogP contribution >= 0.6 is 0 Å². The maximum Gasteiger partial charge on any atom is 0.246 e. The van der Waals surface area contributed by atoms with E-state index in [-0.39, 0.29) is 24.2 Å². The quantitative estimate of drug-likeness (QED) is 0.852. The number of nitrogens with zero attached hydrogens (tertiary/aromatic N) is 2. The average Bonchev–Trinajstić information content (AvgIpc) is 3.31. The predicted molar refractivity (Wildman–Crippen MR) is 93.6 cm³/mol. The highest BCUT2D eigenvalue weighted by Gasteiger charge is 2.61. The summed E-state index contributed by atoms with van der Waals surface area (Å²) in [7, 11) is 1.81. The van der Waals surface area contributed by atoms with Crippen molar-refractivity contribution in [2.24, 2.45) is 17.8 Å². The summed E-state index contributed by atoms with van der Waals surface area (Å²) in [6.07, 6.45) is 3.69. The Morgan fingerprint density at radius 1 is 1.24 bits per heavy atom. The Labute approximate surface area is 148 Å². The van der Waals surface area contributed by atoms with Crippen molar-refractivity contribution in [2.45, 2.75) is 44.5 Å². The Morgan fingerprint density at radius 2 is 1.96 bits per heavy atom. The zero-order chi connectivity index (χ0) is 17.8. The number of hydrogen-bond donors (Lipinski definition) is 1. The van der Waals surface area contributed by atoms with Crippen molar-refractivity contribution in [3.63, 3.8) is 0 Å². The zero-order valence-electron chi connectivity index (χ0n) is 14.9. The third-order valence-corrected chi connectivity index (χ3v) is 6.92. The van der Waals surface area contributed by atoms with Crippen molar-refractivity contribution in [3.8, 4) is 0 Å². The van der Waals surface area contributed by atoms with E-state index >= 15 is 0 Å². The summed E-state index contributed by atoms with van der Waals surface area (Å²) in [5.41, 5.74) is -0.144. The molecule has 2 bridgehead atoms. The predicted octanol–water partition coefficient (Wildman–Crippen LogP) is 2.11. The molecule has 25 heavy (non-hydrogen) atoms. The van der Waals surface area contributed by atoms with E-state index in [4.69, 9.17) is 0 Å². The first-order chi connectivity index (χ1) is 11.9. The first kappa shape index (κ1) is 16.7. The van der Waals surface area contributed by atoms with Gasteiger partial charge in [-0.2, -0.15) is 0 Å². The lowest BCUT2D eigenvalue weighted by atomic mass is 9.74. The monoisotopic (exact) mass is 342 g/mol. The molecule has 3 fully saturated rings. The van der Waals surface area contributed by atoms with Crippen LogP contribution in [0.25, 0.3) is 0 Å². The number of amides is 1. The van der Waals surface area contributed by atoms with Crippen LogP contribution < -0.4 is 0 Å². The summed E-state index contributed by atoms with van der Waals surface area (Å²) in [5.74, 6) is 1.32. The lowest BCUT2D eigenvalue weighted by Crippen LogP contribution is -2.53. The minimum atomic E-state index is -1.04. The summed E-state index contributed by atoms with van der Waals surface area (Å²) in [6.45, 7) is 1.88. The van der Waals surface area contributed by atoms with Gasteiger partial charge in [-0.25, -0.2) is 4.90 Å². The van der Waals surface area contributed by atoms with E-state index in [2.05, 4.69) is 0 Å². The van der Waals surface area contributed by atoms with Gasteiger partial charge in [-0.05, 0) is 51.0 Å². The van der Waals surface area contributed by atoms with Crippen LogP contribution in [0.15, 0.2) is 30.3 Å². The smallest absolute Gasteiger partial charge is 0.246 e. The number of fused-ring (bicyclic) bond motifs is 2. The second-order valence-electron chi connectivity index (χ2n) is 8.11. The highest BCUT2D eigenvalue weighted by atomic mass is 16.3. The zero-order valence-corrected chi connectivity index (χ0v) is 14.9. The van der Waals surface area contributed by atoms with Gasteiger partial charge in [-0.1, -0.05) is 36.8 Å². The van der Waals surface area contributed by atoms with Crippen molar-refractivity contribution in [2.75, 3.05) is 13.6 Å². The second-order valence-corrected chi connectivity index (χ2v) is 8.11. The minimum Gasteiger partial charge on any atom is -0.361 e. The number of carbonyl (C=O) groups excluding carboxylic acids is 2. The van der Waals surface area contributed by atoms with E-state index < -0.39 is 11.9 Å². The number of Topliss-reactive ketones (excluding diaryl/α,β-unsaturated/α-hetero) is 1. The fourth-order valence-corrected chi connectivity index (χ4v) is 5.37. The molecule has 3 unspecified atom stereocenters. The van der Waals surface area contributed by atoms with Gasteiger partial charge in [0, 0.05) is 5.56 Å². The van der Waals surface area contributed by atoms with Crippen molar-refractivity contribution in [1.82, 2.24) is 9.80 Å². The fourth-order valence-electron chi connectivity index (χ4n) is 5.37. The molecule has 134 valence electrons. The Hall–Kier alpha value is -1.72. The van der Waals surface area contributed by atoms with Gasteiger partial charge in [0.05, 0.1) is 6.54 Å². The molecular formula is C20H26N2O3. The minimum absolute atomic E-state index is 0.0786. The summed E-state index contributed by atoms with van der Waals surface area (Å²) in [5, 5.41) is 10.7. The maximum absolute atomic E-state index is 13.3. The molecule has 1 aromatic carbocycles. The SMILES string of the molecule is CN1C(O)N(CC(=O)c2ccccc2)C(=O)C1(C)C1C[C@H]2CC[C@@H]1C2. The molecule has 1 aromatic rings. The summed E-state index contributed by atoms with van der Waals surface area (Å²) < 4.78 is 0. The van der Waals surface area contributed by atoms with Crippen LogP contribution in [0.4, 0.5) is 0 Å². The number of hydrogen-bond acceptors (Lipinski definition) is 4. The summed E-state index contributed by atoms with van der Waals surface area (Å²) in [6, 6.07) is 8.96. The van der Waals surface area contributed by atoms with E-state index in [1.54, 1.807) is 29.2 Å². The number of rotatable bonds is 4. The molecule has 3 aliphatic rings. The molecule has 0 aromatic heterocycles. The number of benzene rings is 1. The molecule has 0 radical (unpaired) electrons. The van der Waals surface area contributed by atoms with Crippen LogP contribution in [0.2, 0.25) is 0 Å². The van der Waals surface area contributed by atoms with Crippen LogP contribution in [0.3, 0.4) is 0 Å². The molecule has 0 spiro atoms. The molecule has 1 heterocycles. The van der Waals surface area contributed by atoms with Gasteiger partial charge in [0.15, 0.2) is 12.1 Å². The lowest BCUT2D eigenvalue weighted by molar-refractivity contribution is -0.137. The van der Waals surface area contributed by atoms with Crippen LogP contribution in [0, 0.1) is 17.8 Å². The largest absolute Gasteiger partial charge is 0.361 e. The number of likely N-dealkylation sites (N-methyl/N-ethyl adjacent to an activating group) is 1. The summed E-state index contributed by atoms with van der Waals surface area (Å²) >= 11 is 0. The number of aliphatic hydroxyl groups excluding tert-OH is 1. The van der Waals surface area contributed by atoms with E-state index in [1.165, 1.54) is 24.2 Å². The average molecular weight is 342 g/mol. The molecular weight excluding hydrogens is 316 g/mol. The Balaban J connectivity index is 1.56. The molecule has 5 nitrogen and oxygen atoms in total. The van der Waals surface area contributed by atoms with Crippen molar-refractivity contribution in [3.05, 3.63) is 35.9 Å². The first-order valence-corrected chi connectivity index (χ1v) is 9.23. The van der Waals surface area contributed by atoms with E-state index in [0.29, 0.717) is 11.5 Å². The van der Waals surface area contributed by atoms with Gasteiger partial charge in [0.25, 0.3) is 0 Å². The van der Waals surface area contributed by atoms with E-state index in [0.717, 1.165) is 12.3 Å². The topological polar surface area (TPSA) is 60.9 Å². The highest BCUT2D eigenvalue weighted by molar-refractivity contribution is 6.00. The lowest BCUT2D eigenvalue weighted by Gasteiger charge is -2.39. The van der Waals surface area contributed by atoms with Gasteiger partial charge in [0.1, 0.15) is 5.54 Å². The first-order valence-electron chi connectivity index (χ1n) is 9.23. The third kappa shape index (κ3) is 2.44. The van der Waals surface area contributed by atoms with Gasteiger partial charge in [-0.15, -0.1) is 0 Å². The normalized spacial score (nSPS) is 37.9. The van der Waals surface area contributed by atoms with Gasteiger partial charge < -0.3 is 5.11 Å². The second kappa shape index (κ2) is 5.92. The fraction of sp³-hybridized carbons (Fsp3) is 0.600. The van der Waals surface area contributed by atoms with Gasteiger partial charge in [-0.3, -0.25) is 14.5 Å². The van der Waals surface area contributed by atoms with Crippen LogP contribution in [0.1, 0.15) is 43.0 Å². The molecule has 1 N–H and O–H groups in total. The number of carbonyl (C=O) groups is 2. The molecule has 5 heteroatoms. The number of aliphatic hydroxyl groups is 1. The van der Waals surface area contributed by atoms with Gasteiger partial charge in [0.2, 0.25) is 5.91 Å². The van der Waals surface area contributed by atoms with E-state index in [1.807, 2.05) is 20.0 Å². The van der Waals surface area contributed by atoms with Crippen LogP contribution in [0.5, 0.6) is 0 Å². The number of ketones is 1. The summed E-state index contributed by atoms with van der Waals surface area (Å²) in [4.78, 5) is 28.9. The van der Waals surface area contributed by atoms with Crippen LogP contribution in [-0.4, -0.2) is 52.1 Å². The molecule has 1 aliphatic heterocycles. The van der Waals surface area contributed by atoms with Crippen LogP contribution in [-0.2, 0) is 4.79 Å².